The second-order valence-corrected chi connectivity index (χ2v) is 7.14. The van der Waals surface area contributed by atoms with Gasteiger partial charge in [-0.1, -0.05) is 15.9 Å². The Morgan fingerprint density at radius 2 is 1.94 bits per heavy atom. The van der Waals surface area contributed by atoms with Crippen molar-refractivity contribution in [1.29, 1.82) is 0 Å². The average molecular weight is 488 g/mol. The van der Waals surface area contributed by atoms with E-state index in [1.165, 1.54) is 3.57 Å². The Kier molecular flexibility index (Phi) is 5.02. The zero-order valence-electron chi connectivity index (χ0n) is 8.58. The molecule has 0 fully saturated rings. The largest absolute Gasteiger partial charge is 0.271 e. The molecule has 0 spiro atoms. The smallest absolute Gasteiger partial charge is 0.0740 e. The fraction of sp³-hybridized carbons (Fsp3) is 0.0909. The lowest BCUT2D eigenvalue weighted by Gasteiger charge is -2.18. The van der Waals surface area contributed by atoms with E-state index < -0.39 is 0 Å². The van der Waals surface area contributed by atoms with E-state index in [0.717, 1.165) is 20.1 Å². The van der Waals surface area contributed by atoms with Gasteiger partial charge in [-0.2, -0.15) is 11.3 Å². The third kappa shape index (κ3) is 3.10. The standard InChI is InChI=1S/C11H9Br2IN2S/c12-9-2-1-6(14)3-7(9)11(16-15)8-4-17-5-10(8)13/h1-5,11,16H,15H2. The minimum atomic E-state index is -0.0142. The van der Waals surface area contributed by atoms with Crippen LogP contribution >= 0.6 is 65.8 Å². The molecule has 6 heteroatoms. The van der Waals surface area contributed by atoms with Crippen molar-refractivity contribution >= 4 is 65.8 Å². The van der Waals surface area contributed by atoms with Gasteiger partial charge in [0.25, 0.3) is 0 Å². The Hall–Kier alpha value is 0.530. The molecular weight excluding hydrogens is 479 g/mol. The molecule has 0 aliphatic heterocycles. The molecule has 0 saturated heterocycles. The Balaban J connectivity index is 2.49. The van der Waals surface area contributed by atoms with Crippen LogP contribution in [0.5, 0.6) is 0 Å². The first-order chi connectivity index (χ1) is 8.13. The molecule has 1 atom stereocenters. The van der Waals surface area contributed by atoms with E-state index in [0.29, 0.717) is 0 Å². The monoisotopic (exact) mass is 486 g/mol. The van der Waals surface area contributed by atoms with Crippen LogP contribution in [0.2, 0.25) is 0 Å². The van der Waals surface area contributed by atoms with Gasteiger partial charge in [0, 0.05) is 17.9 Å². The molecule has 2 nitrogen and oxygen atoms in total. The Morgan fingerprint density at radius 1 is 1.18 bits per heavy atom. The summed E-state index contributed by atoms with van der Waals surface area (Å²) in [7, 11) is 0. The highest BCUT2D eigenvalue weighted by molar-refractivity contribution is 14.1. The number of nitrogens with two attached hydrogens (primary N) is 1. The summed E-state index contributed by atoms with van der Waals surface area (Å²) in [4.78, 5) is 0. The number of hydrazine groups is 1. The molecule has 1 unspecified atom stereocenters. The normalized spacial score (nSPS) is 12.7. The Morgan fingerprint density at radius 3 is 2.53 bits per heavy atom. The van der Waals surface area contributed by atoms with Crippen LogP contribution < -0.4 is 11.3 Å². The van der Waals surface area contributed by atoms with E-state index in [-0.39, 0.29) is 6.04 Å². The SMILES string of the molecule is NNC(c1cscc1Br)c1cc(I)ccc1Br. The van der Waals surface area contributed by atoms with E-state index in [2.05, 4.69) is 82.8 Å². The first-order valence-corrected chi connectivity index (χ1v) is 8.37. The minimum absolute atomic E-state index is 0.0142. The first-order valence-electron chi connectivity index (χ1n) is 4.76. The van der Waals surface area contributed by atoms with Crippen LogP contribution in [0, 0.1) is 3.57 Å². The molecule has 0 radical (unpaired) electrons. The van der Waals surface area contributed by atoms with E-state index in [1.807, 2.05) is 6.07 Å². The van der Waals surface area contributed by atoms with Crippen LogP contribution in [0.3, 0.4) is 0 Å². The number of halogens is 3. The van der Waals surface area contributed by atoms with Crippen LogP contribution in [0.25, 0.3) is 0 Å². The van der Waals surface area contributed by atoms with Crippen LogP contribution in [-0.4, -0.2) is 0 Å². The predicted molar refractivity (Wildman–Crippen MR) is 88.0 cm³/mol. The fourth-order valence-corrected chi connectivity index (χ4v) is 4.12. The maximum Gasteiger partial charge on any atom is 0.0740 e. The van der Waals surface area contributed by atoms with Crippen molar-refractivity contribution in [1.82, 2.24) is 5.43 Å². The number of nitrogens with one attached hydrogen (secondary N) is 1. The van der Waals surface area contributed by atoms with Crippen molar-refractivity contribution in [2.75, 3.05) is 0 Å². The average Bonchev–Trinajstić information content (AvgIpc) is 2.71. The highest BCUT2D eigenvalue weighted by Crippen LogP contribution is 2.34. The van der Waals surface area contributed by atoms with Crippen molar-refractivity contribution in [3.8, 4) is 0 Å². The molecule has 1 aromatic carbocycles. The second kappa shape index (κ2) is 6.12. The van der Waals surface area contributed by atoms with Gasteiger partial charge >= 0.3 is 0 Å². The highest BCUT2D eigenvalue weighted by Gasteiger charge is 2.18. The van der Waals surface area contributed by atoms with Crippen LogP contribution in [0.1, 0.15) is 17.2 Å². The maximum atomic E-state index is 5.69. The third-order valence-corrected chi connectivity index (χ3v) is 5.53. The summed E-state index contributed by atoms with van der Waals surface area (Å²) in [6, 6.07) is 6.21. The first kappa shape index (κ1) is 14.0. The van der Waals surface area contributed by atoms with Gasteiger partial charge in [0.2, 0.25) is 0 Å². The molecular formula is C11H9Br2IN2S. The molecule has 2 rings (SSSR count). The van der Waals surface area contributed by atoms with Crippen molar-refractivity contribution < 1.29 is 0 Å². The van der Waals surface area contributed by atoms with Crippen molar-refractivity contribution in [3.63, 3.8) is 0 Å². The summed E-state index contributed by atoms with van der Waals surface area (Å²) < 4.78 is 3.32. The summed E-state index contributed by atoms with van der Waals surface area (Å²) in [5.41, 5.74) is 5.16. The zero-order chi connectivity index (χ0) is 12.4. The van der Waals surface area contributed by atoms with Gasteiger partial charge in [0.15, 0.2) is 0 Å². The Bertz CT molecular complexity index is 530. The zero-order valence-corrected chi connectivity index (χ0v) is 14.7. The van der Waals surface area contributed by atoms with Gasteiger partial charge in [-0.25, -0.2) is 5.43 Å². The predicted octanol–water partition coefficient (Wildman–Crippen LogP) is 4.43. The molecule has 1 heterocycles. The molecule has 0 aliphatic rings. The van der Waals surface area contributed by atoms with Gasteiger partial charge in [-0.15, -0.1) is 0 Å². The van der Waals surface area contributed by atoms with Crippen LogP contribution in [0.15, 0.2) is 37.9 Å². The number of rotatable bonds is 3. The van der Waals surface area contributed by atoms with E-state index in [4.69, 9.17) is 5.84 Å². The van der Waals surface area contributed by atoms with Gasteiger partial charge in [0.05, 0.1) is 6.04 Å². The van der Waals surface area contributed by atoms with Gasteiger partial charge < -0.3 is 0 Å². The lowest BCUT2D eigenvalue weighted by molar-refractivity contribution is 0.634. The molecule has 2 aromatic rings. The quantitative estimate of drug-likeness (QED) is 0.382. The molecule has 3 N–H and O–H groups in total. The lowest BCUT2D eigenvalue weighted by Crippen LogP contribution is -2.29. The number of hydrogen-bond acceptors (Lipinski definition) is 3. The molecule has 0 amide bonds. The van der Waals surface area contributed by atoms with Crippen LogP contribution in [-0.2, 0) is 0 Å². The van der Waals surface area contributed by atoms with E-state index >= 15 is 0 Å². The Labute approximate surface area is 134 Å². The summed E-state index contributed by atoms with van der Waals surface area (Å²) >= 11 is 11.1. The molecule has 0 aliphatic carbocycles. The summed E-state index contributed by atoms with van der Waals surface area (Å²) in [6.45, 7) is 0. The molecule has 90 valence electrons. The molecule has 0 saturated carbocycles. The minimum Gasteiger partial charge on any atom is -0.271 e. The lowest BCUT2D eigenvalue weighted by atomic mass is 10.0. The van der Waals surface area contributed by atoms with Gasteiger partial charge in [-0.05, 0) is 73.2 Å². The van der Waals surface area contributed by atoms with Crippen molar-refractivity contribution in [2.24, 2.45) is 5.84 Å². The number of thiophene rings is 1. The summed E-state index contributed by atoms with van der Waals surface area (Å²) in [5.74, 6) is 5.69. The maximum absolute atomic E-state index is 5.69. The molecule has 1 aromatic heterocycles. The molecule has 0 bridgehead atoms. The second-order valence-electron chi connectivity index (χ2n) is 3.44. The van der Waals surface area contributed by atoms with Gasteiger partial charge in [-0.3, -0.25) is 5.84 Å². The van der Waals surface area contributed by atoms with Gasteiger partial charge in [0.1, 0.15) is 0 Å². The topological polar surface area (TPSA) is 38.0 Å². The molecule has 17 heavy (non-hydrogen) atoms. The van der Waals surface area contributed by atoms with E-state index in [9.17, 15) is 0 Å². The third-order valence-electron chi connectivity index (χ3n) is 2.39. The summed E-state index contributed by atoms with van der Waals surface area (Å²) in [5, 5.41) is 4.16. The van der Waals surface area contributed by atoms with Crippen LogP contribution in [0.4, 0.5) is 0 Å². The van der Waals surface area contributed by atoms with Crippen molar-refractivity contribution in [3.05, 3.63) is 52.6 Å². The van der Waals surface area contributed by atoms with Crippen molar-refractivity contribution in [2.45, 2.75) is 6.04 Å². The number of hydrogen-bond donors (Lipinski definition) is 2. The summed E-state index contributed by atoms with van der Waals surface area (Å²) in [6.07, 6.45) is 0. The fourth-order valence-electron chi connectivity index (χ4n) is 1.58. The number of benzene rings is 1. The highest BCUT2D eigenvalue weighted by atomic mass is 127. The van der Waals surface area contributed by atoms with E-state index in [1.54, 1.807) is 11.3 Å².